The summed E-state index contributed by atoms with van der Waals surface area (Å²) in [5, 5.41) is 0. The second-order valence-electron chi connectivity index (χ2n) is 6.49. The summed E-state index contributed by atoms with van der Waals surface area (Å²) < 4.78 is 0. The topological polar surface area (TPSA) is 20.3 Å². The highest BCUT2D eigenvalue weighted by molar-refractivity contribution is 5.52. The molecule has 0 heterocycles. The molecule has 0 saturated carbocycles. The lowest BCUT2D eigenvalue weighted by molar-refractivity contribution is -0.111. The number of aldehydes is 1. The number of anilines is 1. The van der Waals surface area contributed by atoms with E-state index in [0.717, 1.165) is 25.7 Å². The van der Waals surface area contributed by atoms with E-state index in [4.69, 9.17) is 0 Å². The fourth-order valence-corrected chi connectivity index (χ4v) is 2.42. The molecule has 23 heavy (non-hydrogen) atoms. The number of rotatable bonds is 7. The molecule has 0 aromatic heterocycles. The Hall–Kier alpha value is -1.31. The van der Waals surface area contributed by atoms with Crippen molar-refractivity contribution in [1.29, 1.82) is 0 Å². The Labute approximate surface area is 145 Å². The van der Waals surface area contributed by atoms with Crippen LogP contribution in [0.5, 0.6) is 0 Å². The van der Waals surface area contributed by atoms with E-state index in [1.165, 1.54) is 11.3 Å². The molecule has 0 aliphatic heterocycles. The van der Waals surface area contributed by atoms with Crippen LogP contribution in [0, 0.1) is 18.3 Å². The summed E-state index contributed by atoms with van der Waals surface area (Å²) in [5.41, 5.74) is 2.75. The molecule has 0 N–H and O–H groups in total. The molecule has 0 saturated heterocycles. The summed E-state index contributed by atoms with van der Waals surface area (Å²) in [6.07, 6.45) is 3.11. The molecule has 1 atom stereocenters. The molecule has 2 nitrogen and oxygen atoms in total. The van der Waals surface area contributed by atoms with Crippen LogP contribution in [-0.2, 0) is 4.79 Å². The number of hydrogen-bond donors (Lipinski definition) is 0. The van der Waals surface area contributed by atoms with Crippen molar-refractivity contribution in [2.24, 2.45) is 11.3 Å². The molecular formula is C21H39NO. The average Bonchev–Trinajstić information content (AvgIpc) is 2.56. The van der Waals surface area contributed by atoms with Crippen LogP contribution >= 0.6 is 0 Å². The first-order chi connectivity index (χ1) is 10.8. The normalized spacial score (nSPS) is 11.3. The molecule has 134 valence electrons. The van der Waals surface area contributed by atoms with E-state index in [-0.39, 0.29) is 11.3 Å². The summed E-state index contributed by atoms with van der Waals surface area (Å²) in [6, 6.07) is 8.61. The SMILES string of the molecule is CC.CC.Cc1ccc(N(C)CCC(C)(C)CC(C)C=O)cc1. The van der Waals surface area contributed by atoms with Gasteiger partial charge in [0.25, 0.3) is 0 Å². The standard InChI is InChI=1S/C17H27NO.2C2H6/c1-14-6-8-16(9-7-14)18(5)11-10-17(3,4)12-15(2)13-19;2*1-2/h6-9,13,15H,10-12H2,1-5H3;2*1-2H3. The average molecular weight is 322 g/mol. The second kappa shape index (κ2) is 13.2. The summed E-state index contributed by atoms with van der Waals surface area (Å²) in [5.74, 6) is 0.152. The van der Waals surface area contributed by atoms with Crippen molar-refractivity contribution >= 4 is 12.0 Å². The van der Waals surface area contributed by atoms with Crippen molar-refractivity contribution in [3.05, 3.63) is 29.8 Å². The van der Waals surface area contributed by atoms with Crippen LogP contribution in [0.2, 0.25) is 0 Å². The molecule has 0 aliphatic carbocycles. The van der Waals surface area contributed by atoms with Gasteiger partial charge in [-0.3, -0.25) is 0 Å². The van der Waals surface area contributed by atoms with Crippen molar-refractivity contribution in [3.63, 3.8) is 0 Å². The van der Waals surface area contributed by atoms with Crippen molar-refractivity contribution in [3.8, 4) is 0 Å². The van der Waals surface area contributed by atoms with Crippen LogP contribution in [0.1, 0.15) is 66.9 Å². The smallest absolute Gasteiger partial charge is 0.122 e. The van der Waals surface area contributed by atoms with Crippen LogP contribution in [0.15, 0.2) is 24.3 Å². The van der Waals surface area contributed by atoms with Gasteiger partial charge in [0.2, 0.25) is 0 Å². The van der Waals surface area contributed by atoms with Crippen LogP contribution in [0.25, 0.3) is 0 Å². The molecule has 1 aromatic carbocycles. The summed E-state index contributed by atoms with van der Waals surface area (Å²) in [6.45, 7) is 17.6. The molecule has 0 aliphatic rings. The second-order valence-corrected chi connectivity index (χ2v) is 6.49. The van der Waals surface area contributed by atoms with Gasteiger partial charge in [0, 0.05) is 25.2 Å². The zero-order valence-corrected chi connectivity index (χ0v) is 16.9. The summed E-state index contributed by atoms with van der Waals surface area (Å²) in [7, 11) is 2.13. The van der Waals surface area contributed by atoms with Crippen LogP contribution in [-0.4, -0.2) is 19.9 Å². The van der Waals surface area contributed by atoms with Crippen LogP contribution in [0.3, 0.4) is 0 Å². The highest BCUT2D eigenvalue weighted by Crippen LogP contribution is 2.29. The molecule has 2 heteroatoms. The Bertz CT molecular complexity index is 395. The molecule has 0 radical (unpaired) electrons. The van der Waals surface area contributed by atoms with Gasteiger partial charge in [-0.25, -0.2) is 0 Å². The van der Waals surface area contributed by atoms with Gasteiger partial charge in [-0.15, -0.1) is 0 Å². The molecule has 1 rings (SSSR count). The Kier molecular flexibility index (Phi) is 13.7. The van der Waals surface area contributed by atoms with Gasteiger partial charge in [0.1, 0.15) is 6.29 Å². The fourth-order valence-electron chi connectivity index (χ4n) is 2.42. The zero-order chi connectivity index (χ0) is 18.5. The summed E-state index contributed by atoms with van der Waals surface area (Å²) >= 11 is 0. The first kappa shape index (κ1) is 23.9. The van der Waals surface area contributed by atoms with Gasteiger partial charge in [-0.05, 0) is 37.3 Å². The van der Waals surface area contributed by atoms with E-state index >= 15 is 0 Å². The number of carbonyl (C=O) groups excluding carboxylic acids is 1. The lowest BCUT2D eigenvalue weighted by atomic mass is 9.81. The van der Waals surface area contributed by atoms with Crippen LogP contribution < -0.4 is 4.90 Å². The van der Waals surface area contributed by atoms with Gasteiger partial charge in [-0.2, -0.15) is 0 Å². The van der Waals surface area contributed by atoms with Gasteiger partial charge in [0.05, 0.1) is 0 Å². The van der Waals surface area contributed by atoms with Gasteiger partial charge in [-0.1, -0.05) is 66.2 Å². The monoisotopic (exact) mass is 321 g/mol. The van der Waals surface area contributed by atoms with E-state index in [1.807, 2.05) is 34.6 Å². The largest absolute Gasteiger partial charge is 0.375 e. The first-order valence-corrected chi connectivity index (χ1v) is 9.07. The van der Waals surface area contributed by atoms with Gasteiger partial charge in [0.15, 0.2) is 0 Å². The van der Waals surface area contributed by atoms with Crippen molar-refractivity contribution in [2.75, 3.05) is 18.5 Å². The quantitative estimate of drug-likeness (QED) is 0.563. The fraction of sp³-hybridized carbons (Fsp3) is 0.667. The highest BCUT2D eigenvalue weighted by atomic mass is 16.1. The van der Waals surface area contributed by atoms with Crippen molar-refractivity contribution in [2.45, 2.75) is 68.2 Å². The number of hydrogen-bond acceptors (Lipinski definition) is 2. The third kappa shape index (κ3) is 11.0. The molecule has 0 spiro atoms. The number of benzene rings is 1. The number of nitrogens with zero attached hydrogens (tertiary/aromatic N) is 1. The van der Waals surface area contributed by atoms with Crippen molar-refractivity contribution in [1.82, 2.24) is 0 Å². The molecule has 1 aromatic rings. The van der Waals surface area contributed by atoms with E-state index in [1.54, 1.807) is 0 Å². The van der Waals surface area contributed by atoms with E-state index in [0.29, 0.717) is 0 Å². The van der Waals surface area contributed by atoms with E-state index in [2.05, 4.69) is 57.0 Å². The van der Waals surface area contributed by atoms with Crippen molar-refractivity contribution < 1.29 is 4.79 Å². The Balaban J connectivity index is 0. The first-order valence-electron chi connectivity index (χ1n) is 9.07. The maximum absolute atomic E-state index is 10.8. The molecular weight excluding hydrogens is 282 g/mol. The Morgan fingerprint density at radius 3 is 2.00 bits per heavy atom. The maximum atomic E-state index is 10.8. The minimum absolute atomic E-state index is 0.152. The number of carbonyl (C=O) groups is 1. The predicted molar refractivity (Wildman–Crippen MR) is 105 cm³/mol. The minimum atomic E-state index is 0.152. The van der Waals surface area contributed by atoms with Gasteiger partial charge >= 0.3 is 0 Å². The molecule has 0 fully saturated rings. The zero-order valence-electron chi connectivity index (χ0n) is 16.9. The van der Waals surface area contributed by atoms with E-state index < -0.39 is 0 Å². The third-order valence-corrected chi connectivity index (χ3v) is 3.71. The predicted octanol–water partition coefficient (Wildman–Crippen LogP) is 6.13. The Morgan fingerprint density at radius 2 is 1.57 bits per heavy atom. The highest BCUT2D eigenvalue weighted by Gasteiger charge is 2.21. The molecule has 0 amide bonds. The molecule has 0 bridgehead atoms. The lowest BCUT2D eigenvalue weighted by Gasteiger charge is -2.29. The van der Waals surface area contributed by atoms with E-state index in [9.17, 15) is 4.79 Å². The van der Waals surface area contributed by atoms with Crippen LogP contribution in [0.4, 0.5) is 5.69 Å². The molecule has 1 unspecified atom stereocenters. The maximum Gasteiger partial charge on any atom is 0.122 e. The number of aryl methyl sites for hydroxylation is 1. The van der Waals surface area contributed by atoms with Gasteiger partial charge < -0.3 is 9.69 Å². The minimum Gasteiger partial charge on any atom is -0.375 e. The summed E-state index contributed by atoms with van der Waals surface area (Å²) in [4.78, 5) is 13.0. The third-order valence-electron chi connectivity index (χ3n) is 3.71. The Morgan fingerprint density at radius 1 is 1.09 bits per heavy atom. The lowest BCUT2D eigenvalue weighted by Crippen LogP contribution is -2.26.